The van der Waals surface area contributed by atoms with Crippen LogP contribution in [0, 0.1) is 0 Å². The van der Waals surface area contributed by atoms with Crippen molar-refractivity contribution in [3.8, 4) is 5.75 Å². The fourth-order valence-electron chi connectivity index (χ4n) is 1.81. The van der Waals surface area contributed by atoms with Gasteiger partial charge in [0.05, 0.1) is 0 Å². The van der Waals surface area contributed by atoms with Gasteiger partial charge in [-0.1, -0.05) is 19.9 Å². The minimum Gasteiger partial charge on any atom is -0.504 e. The normalized spacial score (nSPS) is 12.0. The van der Waals surface area contributed by atoms with E-state index in [1.54, 1.807) is 12.1 Å². The van der Waals surface area contributed by atoms with Gasteiger partial charge in [0.2, 0.25) is 14.9 Å². The summed E-state index contributed by atoms with van der Waals surface area (Å²) in [7, 11) is -2.39. The number of pyridine rings is 1. The van der Waals surface area contributed by atoms with Crippen LogP contribution in [0.3, 0.4) is 0 Å². The molecule has 2 aromatic heterocycles. The van der Waals surface area contributed by atoms with Gasteiger partial charge in [0.15, 0.2) is 10.8 Å². The zero-order valence-electron chi connectivity index (χ0n) is 10.9. The molecule has 102 valence electrons. The fourth-order valence-corrected chi connectivity index (χ4v) is 3.22. The van der Waals surface area contributed by atoms with Crippen molar-refractivity contribution in [3.63, 3.8) is 0 Å². The molecule has 2 rings (SSSR count). The lowest BCUT2D eigenvalue weighted by Crippen LogP contribution is -2.09. The van der Waals surface area contributed by atoms with E-state index in [-0.39, 0.29) is 21.7 Å². The topological polar surface area (TPSA) is 85.1 Å². The molecule has 7 heteroatoms. The van der Waals surface area contributed by atoms with Crippen molar-refractivity contribution in [1.29, 1.82) is 0 Å². The third-order valence-corrected chi connectivity index (χ3v) is 4.47. The Bertz CT molecular complexity index is 691. The standard InChI is InChI=1S/C12H15N3O3S/c1-8(2)10-11(16)12(15(3)14-10)19(17,18)9-6-4-5-7-13-9/h4-8,16H,1-3H3. The Kier molecular flexibility index (Phi) is 3.32. The lowest BCUT2D eigenvalue weighted by molar-refractivity contribution is 0.444. The molecule has 0 saturated carbocycles. The maximum absolute atomic E-state index is 12.4. The highest BCUT2D eigenvalue weighted by Crippen LogP contribution is 2.33. The maximum atomic E-state index is 12.4. The Morgan fingerprint density at radius 2 is 2.00 bits per heavy atom. The number of rotatable bonds is 3. The van der Waals surface area contributed by atoms with Crippen molar-refractivity contribution in [3.05, 3.63) is 30.1 Å². The van der Waals surface area contributed by atoms with E-state index < -0.39 is 9.84 Å². The van der Waals surface area contributed by atoms with Crippen LogP contribution in [0.2, 0.25) is 0 Å². The first kappa shape index (κ1) is 13.5. The molecular formula is C12H15N3O3S. The van der Waals surface area contributed by atoms with Gasteiger partial charge in [0.1, 0.15) is 5.69 Å². The van der Waals surface area contributed by atoms with Gasteiger partial charge in [-0.15, -0.1) is 0 Å². The van der Waals surface area contributed by atoms with E-state index >= 15 is 0 Å². The van der Waals surface area contributed by atoms with Gasteiger partial charge in [-0.25, -0.2) is 13.4 Å². The summed E-state index contributed by atoms with van der Waals surface area (Å²) in [6, 6.07) is 4.59. The van der Waals surface area contributed by atoms with Crippen LogP contribution in [0.25, 0.3) is 0 Å². The van der Waals surface area contributed by atoms with Crippen LogP contribution in [-0.4, -0.2) is 28.3 Å². The average Bonchev–Trinajstić information content (AvgIpc) is 2.66. The number of sulfone groups is 1. The van der Waals surface area contributed by atoms with Crippen LogP contribution in [0.1, 0.15) is 25.5 Å². The molecule has 1 N–H and O–H groups in total. The summed E-state index contributed by atoms with van der Waals surface area (Å²) in [6.45, 7) is 3.67. The van der Waals surface area contributed by atoms with E-state index in [2.05, 4.69) is 10.1 Å². The second-order valence-electron chi connectivity index (χ2n) is 4.49. The molecular weight excluding hydrogens is 266 g/mol. The lowest BCUT2D eigenvalue weighted by atomic mass is 10.1. The summed E-state index contributed by atoms with van der Waals surface area (Å²) in [6.07, 6.45) is 1.39. The van der Waals surface area contributed by atoms with E-state index in [0.717, 1.165) is 0 Å². The van der Waals surface area contributed by atoms with Gasteiger partial charge in [-0.3, -0.25) is 4.68 Å². The molecule has 0 bridgehead atoms. The number of hydrogen-bond acceptors (Lipinski definition) is 5. The molecule has 6 nitrogen and oxygen atoms in total. The maximum Gasteiger partial charge on any atom is 0.244 e. The van der Waals surface area contributed by atoms with Gasteiger partial charge in [0, 0.05) is 19.2 Å². The molecule has 0 atom stereocenters. The zero-order chi connectivity index (χ0) is 14.2. The highest BCUT2D eigenvalue weighted by Gasteiger charge is 2.30. The molecule has 0 saturated heterocycles. The quantitative estimate of drug-likeness (QED) is 0.921. The van der Waals surface area contributed by atoms with Gasteiger partial charge in [-0.2, -0.15) is 5.10 Å². The molecule has 0 aromatic carbocycles. The summed E-state index contributed by atoms with van der Waals surface area (Å²) in [5, 5.41) is 13.8. The summed E-state index contributed by atoms with van der Waals surface area (Å²) in [4.78, 5) is 3.82. The van der Waals surface area contributed by atoms with Crippen LogP contribution in [0.4, 0.5) is 0 Å². The average molecular weight is 281 g/mol. The van der Waals surface area contributed by atoms with Crippen LogP contribution in [0.5, 0.6) is 5.75 Å². The Morgan fingerprint density at radius 3 is 2.47 bits per heavy atom. The first-order chi connectivity index (χ1) is 8.85. The van der Waals surface area contributed by atoms with Crippen molar-refractivity contribution in [1.82, 2.24) is 14.8 Å². The minimum absolute atomic E-state index is 0.0705. The van der Waals surface area contributed by atoms with E-state index in [4.69, 9.17) is 0 Å². The van der Waals surface area contributed by atoms with Gasteiger partial charge < -0.3 is 5.11 Å². The number of aryl methyl sites for hydroxylation is 1. The smallest absolute Gasteiger partial charge is 0.244 e. The summed E-state index contributed by atoms with van der Waals surface area (Å²) < 4.78 is 26.0. The molecule has 2 heterocycles. The third-order valence-electron chi connectivity index (χ3n) is 2.71. The van der Waals surface area contributed by atoms with Crippen LogP contribution < -0.4 is 0 Å². The SMILES string of the molecule is CC(C)c1nn(C)c(S(=O)(=O)c2ccccn2)c1O. The molecule has 0 fully saturated rings. The molecule has 0 aliphatic heterocycles. The molecule has 0 spiro atoms. The van der Waals surface area contributed by atoms with Crippen LogP contribution >= 0.6 is 0 Å². The second-order valence-corrected chi connectivity index (χ2v) is 6.30. The Balaban J connectivity index is 2.66. The van der Waals surface area contributed by atoms with Crippen molar-refractivity contribution in [2.45, 2.75) is 29.8 Å². The Morgan fingerprint density at radius 1 is 1.32 bits per heavy atom. The molecule has 2 aromatic rings. The Labute approximate surface area is 111 Å². The van der Waals surface area contributed by atoms with E-state index in [1.165, 1.54) is 24.0 Å². The highest BCUT2D eigenvalue weighted by atomic mass is 32.2. The highest BCUT2D eigenvalue weighted by molar-refractivity contribution is 7.91. The Hall–Kier alpha value is -1.89. The molecule has 0 radical (unpaired) electrons. The molecule has 0 amide bonds. The van der Waals surface area contributed by atoms with Gasteiger partial charge in [-0.05, 0) is 12.1 Å². The first-order valence-corrected chi connectivity index (χ1v) is 7.26. The first-order valence-electron chi connectivity index (χ1n) is 5.77. The van der Waals surface area contributed by atoms with Gasteiger partial charge >= 0.3 is 0 Å². The predicted molar refractivity (Wildman–Crippen MR) is 68.7 cm³/mol. The van der Waals surface area contributed by atoms with Crippen molar-refractivity contribution < 1.29 is 13.5 Å². The number of aromatic hydroxyl groups is 1. The van der Waals surface area contributed by atoms with Crippen LogP contribution in [-0.2, 0) is 16.9 Å². The van der Waals surface area contributed by atoms with Crippen molar-refractivity contribution in [2.75, 3.05) is 0 Å². The van der Waals surface area contributed by atoms with E-state index in [0.29, 0.717) is 5.69 Å². The zero-order valence-corrected chi connectivity index (χ0v) is 11.7. The third kappa shape index (κ3) is 2.21. The van der Waals surface area contributed by atoms with Crippen molar-refractivity contribution >= 4 is 9.84 Å². The van der Waals surface area contributed by atoms with Crippen molar-refractivity contribution in [2.24, 2.45) is 7.05 Å². The number of hydrogen-bond donors (Lipinski definition) is 1. The fraction of sp³-hybridized carbons (Fsp3) is 0.333. The number of aromatic nitrogens is 3. The molecule has 0 aliphatic carbocycles. The van der Waals surface area contributed by atoms with E-state index in [9.17, 15) is 13.5 Å². The lowest BCUT2D eigenvalue weighted by Gasteiger charge is -2.04. The summed E-state index contributed by atoms with van der Waals surface area (Å²) in [5.74, 6) is -0.373. The monoisotopic (exact) mass is 281 g/mol. The molecule has 0 unspecified atom stereocenters. The number of nitrogens with zero attached hydrogens (tertiary/aromatic N) is 3. The second kappa shape index (κ2) is 4.65. The summed E-state index contributed by atoms with van der Waals surface area (Å²) in [5.41, 5.74) is 0.358. The van der Waals surface area contributed by atoms with Gasteiger partial charge in [0.25, 0.3) is 0 Å². The predicted octanol–water partition coefficient (Wildman–Crippen LogP) is 1.48. The largest absolute Gasteiger partial charge is 0.504 e. The van der Waals surface area contributed by atoms with E-state index in [1.807, 2.05) is 13.8 Å². The minimum atomic E-state index is -3.87. The molecule has 19 heavy (non-hydrogen) atoms. The summed E-state index contributed by atoms with van der Waals surface area (Å²) >= 11 is 0. The van der Waals surface area contributed by atoms with Crippen LogP contribution in [0.15, 0.2) is 34.4 Å². The molecule has 0 aliphatic rings.